The first kappa shape index (κ1) is 28.0. The van der Waals surface area contributed by atoms with Crippen molar-refractivity contribution < 1.29 is 59.1 Å². The largest absolute Gasteiger partial charge is 0.502 e. The van der Waals surface area contributed by atoms with Crippen LogP contribution in [0.5, 0.6) is 17.2 Å². The highest BCUT2D eigenvalue weighted by Crippen LogP contribution is 2.47. The number of cyclic esters (lactones) is 1. The molecule has 0 unspecified atom stereocenters. The van der Waals surface area contributed by atoms with Gasteiger partial charge in [0.05, 0.1) is 45.6 Å². The van der Waals surface area contributed by atoms with Crippen molar-refractivity contribution in [1.29, 1.82) is 0 Å². The SMILES string of the molecule is COc1cc([C@@H](O[C@@H]2O[C@H](CO)[C@@H](O)[C@H](O)[C@H]2O)[C@H]2COC(=O)[C@@H]2[C@H](O)c2ccccc2)cc(OC)c1O. The van der Waals surface area contributed by atoms with E-state index in [1.807, 2.05) is 0 Å². The maximum Gasteiger partial charge on any atom is 0.312 e. The molecule has 2 aromatic carbocycles. The van der Waals surface area contributed by atoms with E-state index in [1.54, 1.807) is 30.3 Å². The maximum atomic E-state index is 12.9. The Hall–Kier alpha value is -2.97. The minimum Gasteiger partial charge on any atom is -0.502 e. The second-order valence-electron chi connectivity index (χ2n) is 9.20. The first-order chi connectivity index (χ1) is 18.2. The van der Waals surface area contributed by atoms with Gasteiger partial charge in [-0.1, -0.05) is 30.3 Å². The molecule has 12 nitrogen and oxygen atoms in total. The van der Waals surface area contributed by atoms with Crippen LogP contribution in [0.4, 0.5) is 0 Å². The molecule has 0 aromatic heterocycles. The minimum absolute atomic E-state index is 0.0205. The van der Waals surface area contributed by atoms with Crippen LogP contribution in [0.3, 0.4) is 0 Å². The van der Waals surface area contributed by atoms with Crippen molar-refractivity contribution in [2.45, 2.75) is 42.9 Å². The number of hydrogen-bond acceptors (Lipinski definition) is 12. The Labute approximate surface area is 218 Å². The van der Waals surface area contributed by atoms with Gasteiger partial charge in [0.1, 0.15) is 24.4 Å². The first-order valence-corrected chi connectivity index (χ1v) is 12.0. The fraction of sp³-hybridized carbons (Fsp3) is 0.500. The summed E-state index contributed by atoms with van der Waals surface area (Å²) in [6.07, 6.45) is -10.3. The first-order valence-electron chi connectivity index (χ1n) is 12.0. The van der Waals surface area contributed by atoms with E-state index in [4.69, 9.17) is 23.7 Å². The van der Waals surface area contributed by atoms with Crippen LogP contribution in [0.1, 0.15) is 23.3 Å². The van der Waals surface area contributed by atoms with Crippen LogP contribution in [0, 0.1) is 11.8 Å². The number of aliphatic hydroxyl groups is 5. The quantitative estimate of drug-likeness (QED) is 0.232. The number of hydrogen-bond donors (Lipinski definition) is 6. The number of phenolic OH excluding ortho intramolecular Hbond substituents is 1. The lowest BCUT2D eigenvalue weighted by Gasteiger charge is -2.42. The van der Waals surface area contributed by atoms with E-state index < -0.39 is 67.3 Å². The third-order valence-electron chi connectivity index (χ3n) is 6.98. The highest BCUT2D eigenvalue weighted by atomic mass is 16.7. The van der Waals surface area contributed by atoms with Gasteiger partial charge in [-0.25, -0.2) is 0 Å². The van der Waals surface area contributed by atoms with Gasteiger partial charge < -0.3 is 54.3 Å². The molecule has 2 aliphatic heterocycles. The van der Waals surface area contributed by atoms with Crippen LogP contribution in [0.2, 0.25) is 0 Å². The topological polar surface area (TPSA) is 185 Å². The van der Waals surface area contributed by atoms with E-state index >= 15 is 0 Å². The molecule has 2 fully saturated rings. The Kier molecular flexibility index (Phi) is 8.73. The van der Waals surface area contributed by atoms with Crippen molar-refractivity contribution >= 4 is 5.97 Å². The van der Waals surface area contributed by atoms with E-state index in [0.29, 0.717) is 11.1 Å². The van der Waals surface area contributed by atoms with Crippen LogP contribution in [-0.2, 0) is 19.0 Å². The highest BCUT2D eigenvalue weighted by molar-refractivity contribution is 5.76. The molecule has 2 heterocycles. The number of carbonyl (C=O) groups excluding carboxylic acids is 1. The molecule has 9 atom stereocenters. The third kappa shape index (κ3) is 5.29. The molecule has 2 aromatic rings. The molecule has 6 N–H and O–H groups in total. The lowest BCUT2D eigenvalue weighted by atomic mass is 9.81. The van der Waals surface area contributed by atoms with E-state index in [9.17, 15) is 35.4 Å². The number of carbonyl (C=O) groups is 1. The van der Waals surface area contributed by atoms with Gasteiger partial charge in [0.15, 0.2) is 17.8 Å². The van der Waals surface area contributed by atoms with Gasteiger partial charge in [-0.15, -0.1) is 0 Å². The molecule has 0 bridgehead atoms. The van der Waals surface area contributed by atoms with Crippen LogP contribution in [0.15, 0.2) is 42.5 Å². The molecule has 2 aliphatic rings. The summed E-state index contributed by atoms with van der Waals surface area (Å²) in [5.74, 6) is -2.89. The number of aliphatic hydroxyl groups excluding tert-OH is 5. The molecule has 38 heavy (non-hydrogen) atoms. The zero-order valence-corrected chi connectivity index (χ0v) is 20.8. The van der Waals surface area contributed by atoms with Gasteiger partial charge in [0.25, 0.3) is 0 Å². The van der Waals surface area contributed by atoms with Gasteiger partial charge in [-0.2, -0.15) is 0 Å². The fourth-order valence-electron chi connectivity index (χ4n) is 4.88. The van der Waals surface area contributed by atoms with Gasteiger partial charge >= 0.3 is 5.97 Å². The Balaban J connectivity index is 1.77. The summed E-state index contributed by atoms with van der Waals surface area (Å²) in [6.45, 7) is -0.850. The summed E-state index contributed by atoms with van der Waals surface area (Å²) in [4.78, 5) is 12.9. The number of ether oxygens (including phenoxy) is 5. The van der Waals surface area contributed by atoms with Crippen molar-refractivity contribution in [2.24, 2.45) is 11.8 Å². The molecule has 12 heteroatoms. The number of benzene rings is 2. The smallest absolute Gasteiger partial charge is 0.312 e. The molecule has 0 amide bonds. The van der Waals surface area contributed by atoms with Crippen LogP contribution in [-0.4, -0.2) is 94.7 Å². The zero-order valence-electron chi connectivity index (χ0n) is 20.8. The molecule has 0 spiro atoms. The van der Waals surface area contributed by atoms with Gasteiger partial charge in [0, 0.05) is 5.92 Å². The van der Waals surface area contributed by atoms with Crippen molar-refractivity contribution in [3.63, 3.8) is 0 Å². The summed E-state index contributed by atoms with van der Waals surface area (Å²) in [5, 5.41) is 62.3. The summed E-state index contributed by atoms with van der Waals surface area (Å²) in [7, 11) is 2.66. The zero-order chi connectivity index (χ0) is 27.6. The van der Waals surface area contributed by atoms with Crippen molar-refractivity contribution in [2.75, 3.05) is 27.4 Å². The molecular formula is C26H32O12. The van der Waals surface area contributed by atoms with E-state index in [-0.39, 0.29) is 23.9 Å². The number of phenols is 1. The normalized spacial score (nSPS) is 30.9. The summed E-state index contributed by atoms with van der Waals surface area (Å²) in [5.41, 5.74) is 0.774. The predicted molar refractivity (Wildman–Crippen MR) is 128 cm³/mol. The number of rotatable bonds is 9. The van der Waals surface area contributed by atoms with Gasteiger partial charge in [-0.05, 0) is 23.3 Å². The van der Waals surface area contributed by atoms with Crippen molar-refractivity contribution in [3.05, 3.63) is 53.6 Å². The van der Waals surface area contributed by atoms with Crippen molar-refractivity contribution in [3.8, 4) is 17.2 Å². The second-order valence-corrected chi connectivity index (χ2v) is 9.20. The Morgan fingerprint density at radius 1 is 0.974 bits per heavy atom. The van der Waals surface area contributed by atoms with Crippen LogP contribution >= 0.6 is 0 Å². The lowest BCUT2D eigenvalue weighted by Crippen LogP contribution is -2.59. The third-order valence-corrected chi connectivity index (χ3v) is 6.98. The van der Waals surface area contributed by atoms with E-state index in [1.165, 1.54) is 26.4 Å². The number of esters is 1. The Morgan fingerprint density at radius 3 is 2.18 bits per heavy atom. The summed E-state index contributed by atoms with van der Waals surface area (Å²) >= 11 is 0. The van der Waals surface area contributed by atoms with Crippen LogP contribution in [0.25, 0.3) is 0 Å². The van der Waals surface area contributed by atoms with Gasteiger partial charge in [0.2, 0.25) is 5.75 Å². The standard InChI is InChI=1S/C26H32O12/c1-34-15-8-13(9-16(35-2)20(15)29)24(38-26-23(32)22(31)21(30)17(10-27)37-26)14-11-36-25(33)18(14)19(28)12-6-4-3-5-7-12/h3-9,14,17-19,21-24,26-32H,10-11H2,1-2H3/t14-,17+,18-,19+,21+,22-,23+,24+,26-/m0/s1. The molecule has 2 saturated heterocycles. The summed E-state index contributed by atoms with van der Waals surface area (Å²) < 4.78 is 27.5. The average molecular weight is 537 g/mol. The van der Waals surface area contributed by atoms with E-state index in [0.717, 1.165) is 0 Å². The Bertz CT molecular complexity index is 1070. The molecule has 0 radical (unpaired) electrons. The number of methoxy groups -OCH3 is 2. The second kappa shape index (κ2) is 11.8. The Morgan fingerprint density at radius 2 is 1.61 bits per heavy atom. The molecular weight excluding hydrogens is 504 g/mol. The molecule has 0 saturated carbocycles. The van der Waals surface area contributed by atoms with E-state index in [2.05, 4.69) is 0 Å². The lowest BCUT2D eigenvalue weighted by molar-refractivity contribution is -0.317. The monoisotopic (exact) mass is 536 g/mol. The highest BCUT2D eigenvalue weighted by Gasteiger charge is 2.51. The number of aromatic hydroxyl groups is 1. The maximum absolute atomic E-state index is 12.9. The molecule has 208 valence electrons. The molecule has 4 rings (SSSR count). The predicted octanol–water partition coefficient (Wildman–Crippen LogP) is -0.210. The van der Waals surface area contributed by atoms with Crippen LogP contribution < -0.4 is 9.47 Å². The van der Waals surface area contributed by atoms with Crippen molar-refractivity contribution in [1.82, 2.24) is 0 Å². The molecule has 0 aliphatic carbocycles. The minimum atomic E-state index is -1.73. The fourth-order valence-corrected chi connectivity index (χ4v) is 4.88. The van der Waals surface area contributed by atoms with Gasteiger partial charge in [-0.3, -0.25) is 4.79 Å². The summed E-state index contributed by atoms with van der Waals surface area (Å²) in [6, 6.07) is 11.4. The average Bonchev–Trinajstić information content (AvgIpc) is 3.32.